The van der Waals surface area contributed by atoms with Crippen molar-refractivity contribution in [3.63, 3.8) is 0 Å². The molecule has 14 heavy (non-hydrogen) atoms. The molecule has 0 radical (unpaired) electrons. The zero-order valence-corrected chi connectivity index (χ0v) is 8.18. The van der Waals surface area contributed by atoms with E-state index in [4.69, 9.17) is 0 Å². The van der Waals surface area contributed by atoms with E-state index in [-0.39, 0.29) is 6.42 Å². The number of aliphatic hydroxyl groups is 1. The van der Waals surface area contributed by atoms with Crippen molar-refractivity contribution in [1.29, 1.82) is 0 Å². The zero-order chi connectivity index (χ0) is 10.4. The van der Waals surface area contributed by atoms with E-state index < -0.39 is 20.8 Å². The summed E-state index contributed by atoms with van der Waals surface area (Å²) in [5, 5.41) is 9.51. The standard InChI is InChI=1S/C9H9O4P/c10-8(6-9(11)13-14-12)7-4-2-1-3-5-7/h1-5,8,10H,6H2. The maximum Gasteiger partial charge on any atom is 0.398 e. The first kappa shape index (κ1) is 10.8. The first-order valence-corrected chi connectivity index (χ1v) is 4.72. The highest BCUT2D eigenvalue weighted by molar-refractivity contribution is 7.18. The minimum absolute atomic E-state index is 0.195. The first-order valence-electron chi connectivity index (χ1n) is 3.99. The fourth-order valence-corrected chi connectivity index (χ4v) is 1.19. The molecular weight excluding hydrogens is 203 g/mol. The van der Waals surface area contributed by atoms with Crippen molar-refractivity contribution in [2.45, 2.75) is 12.5 Å². The number of carbonyl (C=O) groups is 1. The van der Waals surface area contributed by atoms with Gasteiger partial charge in [-0.15, -0.1) is 0 Å². The van der Waals surface area contributed by atoms with Gasteiger partial charge in [-0.25, -0.2) is 4.57 Å². The van der Waals surface area contributed by atoms with Crippen LogP contribution in [0.5, 0.6) is 0 Å². The molecular formula is C9H9O4P. The predicted octanol–water partition coefficient (Wildman–Crippen LogP) is 1.86. The van der Waals surface area contributed by atoms with E-state index in [0.717, 1.165) is 0 Å². The van der Waals surface area contributed by atoms with Gasteiger partial charge in [0.15, 0.2) is 0 Å². The molecule has 5 heteroatoms. The Labute approximate surface area is 82.8 Å². The van der Waals surface area contributed by atoms with Gasteiger partial charge in [-0.2, -0.15) is 0 Å². The number of benzene rings is 1. The van der Waals surface area contributed by atoms with Gasteiger partial charge in [0.25, 0.3) is 0 Å². The van der Waals surface area contributed by atoms with Gasteiger partial charge >= 0.3 is 14.7 Å². The van der Waals surface area contributed by atoms with Crippen LogP contribution in [0, 0.1) is 0 Å². The summed E-state index contributed by atoms with van der Waals surface area (Å²) in [7, 11) is -0.690. The summed E-state index contributed by atoms with van der Waals surface area (Å²) >= 11 is 0. The topological polar surface area (TPSA) is 63.6 Å². The third-order valence-corrected chi connectivity index (χ3v) is 1.96. The van der Waals surface area contributed by atoms with Crippen molar-refractivity contribution in [3.8, 4) is 0 Å². The minimum atomic E-state index is -0.912. The summed E-state index contributed by atoms with van der Waals surface area (Å²) in [4.78, 5) is 10.8. The normalized spacial score (nSPS) is 12.4. The van der Waals surface area contributed by atoms with Crippen LogP contribution in [0.3, 0.4) is 0 Å². The summed E-state index contributed by atoms with van der Waals surface area (Å²) in [6.45, 7) is 0. The van der Waals surface area contributed by atoms with Crippen LogP contribution in [-0.4, -0.2) is 11.1 Å². The van der Waals surface area contributed by atoms with Crippen molar-refractivity contribution >= 4 is 14.7 Å². The molecule has 0 amide bonds. The van der Waals surface area contributed by atoms with Gasteiger partial charge in [0, 0.05) is 0 Å². The fraction of sp³-hybridized carbons (Fsp3) is 0.222. The van der Waals surface area contributed by atoms with Crippen LogP contribution in [-0.2, 0) is 13.9 Å². The number of aliphatic hydroxyl groups excluding tert-OH is 1. The SMILES string of the molecule is O=POC(=O)CC(O)c1ccccc1. The van der Waals surface area contributed by atoms with E-state index in [0.29, 0.717) is 5.56 Å². The van der Waals surface area contributed by atoms with E-state index >= 15 is 0 Å². The van der Waals surface area contributed by atoms with Gasteiger partial charge in [-0.05, 0) is 5.56 Å². The molecule has 1 atom stereocenters. The fourth-order valence-electron chi connectivity index (χ4n) is 1.03. The molecule has 0 aliphatic carbocycles. The third-order valence-electron chi connectivity index (χ3n) is 1.68. The van der Waals surface area contributed by atoms with Crippen molar-refractivity contribution in [2.24, 2.45) is 0 Å². The van der Waals surface area contributed by atoms with E-state index in [9.17, 15) is 14.5 Å². The number of hydrogen-bond donors (Lipinski definition) is 1. The van der Waals surface area contributed by atoms with E-state index in [1.807, 2.05) is 6.07 Å². The summed E-state index contributed by atoms with van der Waals surface area (Å²) < 4.78 is 14.1. The van der Waals surface area contributed by atoms with Gasteiger partial charge in [0.2, 0.25) is 0 Å². The van der Waals surface area contributed by atoms with Crippen molar-refractivity contribution in [1.82, 2.24) is 0 Å². The summed E-state index contributed by atoms with van der Waals surface area (Å²) in [5.74, 6) is -0.696. The molecule has 0 aliphatic rings. The molecule has 0 heterocycles. The van der Waals surface area contributed by atoms with Crippen LogP contribution in [0.4, 0.5) is 0 Å². The van der Waals surface area contributed by atoms with Gasteiger partial charge in [-0.1, -0.05) is 30.3 Å². The summed E-state index contributed by atoms with van der Waals surface area (Å²) in [6.07, 6.45) is -1.11. The molecule has 0 aromatic heterocycles. The van der Waals surface area contributed by atoms with Gasteiger partial charge in [-0.3, -0.25) is 4.79 Å². The van der Waals surface area contributed by atoms with E-state index in [2.05, 4.69) is 4.52 Å². The monoisotopic (exact) mass is 212 g/mol. The number of hydrogen-bond acceptors (Lipinski definition) is 4. The van der Waals surface area contributed by atoms with Crippen molar-refractivity contribution in [2.75, 3.05) is 0 Å². The lowest BCUT2D eigenvalue weighted by atomic mass is 10.1. The minimum Gasteiger partial charge on any atom is -0.388 e. The Morgan fingerprint density at radius 3 is 2.64 bits per heavy atom. The molecule has 1 aromatic carbocycles. The molecule has 1 N–H and O–H groups in total. The lowest BCUT2D eigenvalue weighted by Gasteiger charge is -2.07. The molecule has 0 aliphatic heterocycles. The first-order chi connectivity index (χ1) is 6.74. The van der Waals surface area contributed by atoms with Crippen molar-refractivity contribution in [3.05, 3.63) is 35.9 Å². The molecule has 0 fully saturated rings. The number of carbonyl (C=O) groups excluding carboxylic acids is 1. The van der Waals surface area contributed by atoms with Crippen LogP contribution in [0.2, 0.25) is 0 Å². The zero-order valence-electron chi connectivity index (χ0n) is 7.29. The summed E-state index contributed by atoms with van der Waals surface area (Å²) in [6, 6.07) is 8.73. The average Bonchev–Trinajstić information content (AvgIpc) is 2.19. The highest BCUT2D eigenvalue weighted by atomic mass is 31.1. The molecule has 0 saturated carbocycles. The largest absolute Gasteiger partial charge is 0.398 e. The van der Waals surface area contributed by atoms with E-state index in [1.54, 1.807) is 24.3 Å². The molecule has 74 valence electrons. The van der Waals surface area contributed by atoms with Crippen LogP contribution < -0.4 is 0 Å². The Bertz CT molecular complexity index is 312. The molecule has 0 saturated heterocycles. The summed E-state index contributed by atoms with van der Waals surface area (Å²) in [5.41, 5.74) is 0.631. The van der Waals surface area contributed by atoms with Gasteiger partial charge < -0.3 is 9.63 Å². The Morgan fingerprint density at radius 2 is 2.07 bits per heavy atom. The quantitative estimate of drug-likeness (QED) is 0.773. The Balaban J connectivity index is 2.54. The smallest absolute Gasteiger partial charge is 0.388 e. The Hall–Kier alpha value is -1.25. The third kappa shape index (κ3) is 3.24. The van der Waals surface area contributed by atoms with Crippen LogP contribution in [0.1, 0.15) is 18.1 Å². The molecule has 4 nitrogen and oxygen atoms in total. The molecule has 1 unspecified atom stereocenters. The lowest BCUT2D eigenvalue weighted by Crippen LogP contribution is -2.06. The van der Waals surface area contributed by atoms with Gasteiger partial charge in [0.1, 0.15) is 0 Å². The maximum absolute atomic E-state index is 10.8. The second-order valence-corrected chi connectivity index (χ2v) is 3.00. The maximum atomic E-state index is 10.8. The second-order valence-electron chi connectivity index (χ2n) is 2.67. The Morgan fingerprint density at radius 1 is 1.43 bits per heavy atom. The average molecular weight is 212 g/mol. The van der Waals surface area contributed by atoms with Crippen LogP contribution in [0.25, 0.3) is 0 Å². The number of rotatable bonds is 4. The lowest BCUT2D eigenvalue weighted by molar-refractivity contribution is -0.135. The predicted molar refractivity (Wildman–Crippen MR) is 49.7 cm³/mol. The highest BCUT2D eigenvalue weighted by Crippen LogP contribution is 2.17. The van der Waals surface area contributed by atoms with Crippen LogP contribution >= 0.6 is 8.69 Å². The molecule has 0 bridgehead atoms. The molecule has 1 rings (SSSR count). The van der Waals surface area contributed by atoms with E-state index in [1.165, 1.54) is 0 Å². The highest BCUT2D eigenvalue weighted by Gasteiger charge is 2.13. The van der Waals surface area contributed by atoms with Crippen LogP contribution in [0.15, 0.2) is 30.3 Å². The molecule has 0 spiro atoms. The second kappa shape index (κ2) is 5.47. The Kier molecular flexibility index (Phi) is 4.23. The van der Waals surface area contributed by atoms with Crippen molar-refractivity contribution < 1.29 is 19.0 Å². The van der Waals surface area contributed by atoms with Gasteiger partial charge in [0.05, 0.1) is 12.5 Å². The molecule has 1 aromatic rings.